The predicted octanol–water partition coefficient (Wildman–Crippen LogP) is 10.4. The lowest BCUT2D eigenvalue weighted by molar-refractivity contribution is -0.304. The van der Waals surface area contributed by atoms with Crippen LogP contribution in [-0.4, -0.2) is 107 Å². The molecule has 0 saturated carbocycles. The van der Waals surface area contributed by atoms with Gasteiger partial charge in [-0.1, -0.05) is 92.7 Å². The maximum atomic E-state index is 14.7. The third-order valence-electron chi connectivity index (χ3n) is 15.3. The summed E-state index contributed by atoms with van der Waals surface area (Å²) >= 11 is 0. The van der Waals surface area contributed by atoms with Crippen LogP contribution in [0.5, 0.6) is 0 Å². The summed E-state index contributed by atoms with van der Waals surface area (Å²) < 4.78 is 59.7. The molecule has 1 aromatic carbocycles. The zero-order valence-corrected chi connectivity index (χ0v) is 43.2. The number of esters is 1. The van der Waals surface area contributed by atoms with E-state index in [1.165, 1.54) is 6.92 Å². The van der Waals surface area contributed by atoms with Gasteiger partial charge in [0, 0.05) is 54.8 Å². The Morgan fingerprint density at radius 3 is 2.26 bits per heavy atom. The molecule has 0 bridgehead atoms. The zero-order valence-electron chi connectivity index (χ0n) is 42.3. The monoisotopic (exact) mass is 927 g/mol. The maximum absolute atomic E-state index is 14.7. The minimum atomic E-state index is -3.09. The summed E-state index contributed by atoms with van der Waals surface area (Å²) in [4.78, 5) is 19.3. The highest BCUT2D eigenvalue weighted by molar-refractivity contribution is 7.61. The molecule has 0 unspecified atom stereocenters. The Kier molecular flexibility index (Phi) is 17.6. The van der Waals surface area contributed by atoms with Gasteiger partial charge < -0.3 is 38.6 Å². The Morgan fingerprint density at radius 2 is 1.62 bits per heavy atom. The maximum Gasteiger partial charge on any atom is 0.311 e. The quantitative estimate of drug-likeness (QED) is 0.173. The summed E-state index contributed by atoms with van der Waals surface area (Å²) in [6.45, 7) is 31.4. The van der Waals surface area contributed by atoms with Crippen LogP contribution in [0.1, 0.15) is 128 Å². The first-order valence-electron chi connectivity index (χ1n) is 24.2. The van der Waals surface area contributed by atoms with Crippen molar-refractivity contribution in [3.8, 4) is 0 Å². The molecule has 3 fully saturated rings. The number of cyclic esters (lactones) is 1. The molecule has 3 aliphatic heterocycles. The molecule has 2 aromatic rings. The number of benzene rings is 1. The third-order valence-corrected chi connectivity index (χ3v) is 16.0. The largest absolute Gasteiger partial charge is 0.459 e. The molecular formula is C52H83N2O10P. The Hall–Kier alpha value is -2.54. The molecular weight excluding hydrogens is 844 g/mol. The van der Waals surface area contributed by atoms with E-state index < -0.39 is 85.1 Å². The van der Waals surface area contributed by atoms with E-state index in [2.05, 4.69) is 59.5 Å². The lowest BCUT2D eigenvalue weighted by Gasteiger charge is -2.50. The summed E-state index contributed by atoms with van der Waals surface area (Å²) in [5.41, 5.74) is -0.896. The molecule has 1 aromatic heterocycles. The summed E-state index contributed by atoms with van der Waals surface area (Å²) in [7, 11) is -3.09. The van der Waals surface area contributed by atoms with Gasteiger partial charge in [-0.3, -0.25) is 14.3 Å². The van der Waals surface area contributed by atoms with Crippen molar-refractivity contribution in [2.24, 2.45) is 51.6 Å². The Labute approximate surface area is 390 Å². The molecule has 4 heterocycles. The van der Waals surface area contributed by atoms with Gasteiger partial charge in [-0.15, -0.1) is 0 Å². The van der Waals surface area contributed by atoms with Gasteiger partial charge in [0.1, 0.15) is 11.7 Å². The van der Waals surface area contributed by atoms with Crippen molar-refractivity contribution in [2.75, 3.05) is 19.9 Å². The summed E-state index contributed by atoms with van der Waals surface area (Å²) in [6, 6.07) is 10.1. The van der Waals surface area contributed by atoms with Crippen LogP contribution in [0.15, 0.2) is 47.4 Å². The van der Waals surface area contributed by atoms with E-state index in [0.29, 0.717) is 24.5 Å². The molecule has 65 heavy (non-hydrogen) atoms. The first-order chi connectivity index (χ1) is 30.2. The fraction of sp³-hybridized carbons (Fsp3) is 0.750. The van der Waals surface area contributed by atoms with Crippen LogP contribution in [0, 0.1) is 46.8 Å². The van der Waals surface area contributed by atoms with E-state index in [0.717, 1.165) is 22.9 Å². The Morgan fingerprint density at radius 1 is 0.938 bits per heavy atom. The van der Waals surface area contributed by atoms with Crippen molar-refractivity contribution in [1.29, 1.82) is 0 Å². The van der Waals surface area contributed by atoms with E-state index in [1.54, 1.807) is 27.2 Å². The van der Waals surface area contributed by atoms with E-state index in [4.69, 9.17) is 33.2 Å². The number of aromatic nitrogens is 1. The van der Waals surface area contributed by atoms with Crippen LogP contribution >= 0.6 is 7.29 Å². The minimum Gasteiger partial charge on any atom is -0.459 e. The molecule has 0 aliphatic carbocycles. The van der Waals surface area contributed by atoms with Crippen molar-refractivity contribution in [3.63, 3.8) is 0 Å². The third kappa shape index (κ3) is 12.8. The fourth-order valence-corrected chi connectivity index (χ4v) is 11.6. The normalized spacial score (nSPS) is 41.0. The Balaban J connectivity index is 1.70. The summed E-state index contributed by atoms with van der Waals surface area (Å²) in [5.74, 6) is -2.69. The molecule has 12 nitrogen and oxygen atoms in total. The number of carbonyl (C=O) groups excluding carboxylic acids is 1. The summed E-state index contributed by atoms with van der Waals surface area (Å²) in [5, 5.41) is 25.4. The summed E-state index contributed by atoms with van der Waals surface area (Å²) in [6.07, 6.45) is 2.19. The lowest BCUT2D eigenvalue weighted by Crippen LogP contribution is -2.59. The first kappa shape index (κ1) is 53.4. The molecule has 17 atom stereocenters. The number of fused-ring (bicyclic) bond motifs is 1. The molecule has 13 heteroatoms. The number of hydrogen-bond acceptors (Lipinski definition) is 11. The van der Waals surface area contributed by atoms with Gasteiger partial charge in [-0.2, -0.15) is 0 Å². The zero-order chi connectivity index (χ0) is 48.4. The van der Waals surface area contributed by atoms with Gasteiger partial charge in [0.15, 0.2) is 19.9 Å². The lowest BCUT2D eigenvalue weighted by atomic mass is 9.72. The number of carbonyl (C=O) groups is 1. The van der Waals surface area contributed by atoms with Crippen molar-refractivity contribution >= 4 is 36.0 Å². The number of hydrogen-bond donors (Lipinski definition) is 2. The second kappa shape index (κ2) is 21.4. The molecule has 2 N–H and O–H groups in total. The number of aliphatic hydroxyl groups excluding tert-OH is 1. The van der Waals surface area contributed by atoms with E-state index in [1.807, 2.05) is 70.3 Å². The molecule has 366 valence electrons. The number of rotatable bonds is 10. The number of ether oxygens (including phenoxy) is 6. The van der Waals surface area contributed by atoms with Crippen LogP contribution in [0.3, 0.4) is 0 Å². The molecule has 5 rings (SSSR count). The van der Waals surface area contributed by atoms with Gasteiger partial charge in [0.25, 0.3) is 0 Å². The molecule has 0 spiro atoms. The molecule has 3 aliphatic rings. The average Bonchev–Trinajstić information content (AvgIpc) is 3.23. The van der Waals surface area contributed by atoms with Gasteiger partial charge in [0.05, 0.1) is 54.2 Å². The van der Waals surface area contributed by atoms with Crippen molar-refractivity contribution in [2.45, 2.75) is 183 Å². The van der Waals surface area contributed by atoms with Crippen LogP contribution in [0.25, 0.3) is 17.0 Å². The van der Waals surface area contributed by atoms with Crippen molar-refractivity contribution < 1.29 is 48.0 Å². The Bertz CT molecular complexity index is 2020. The van der Waals surface area contributed by atoms with Gasteiger partial charge in [-0.05, 0) is 94.7 Å². The number of aliphatic hydroxyl groups is 2. The fourth-order valence-electron chi connectivity index (χ4n) is 10.7. The second-order valence-electron chi connectivity index (χ2n) is 21.6. The highest BCUT2D eigenvalue weighted by Crippen LogP contribution is 2.46. The highest BCUT2D eigenvalue weighted by Gasteiger charge is 2.53. The van der Waals surface area contributed by atoms with Crippen LogP contribution in [0.4, 0.5) is 0 Å². The smallest absolute Gasteiger partial charge is 0.311 e. The molecule has 0 radical (unpaired) electrons. The molecule has 3 saturated heterocycles. The van der Waals surface area contributed by atoms with Crippen molar-refractivity contribution in [3.05, 3.63) is 48.2 Å². The first-order valence-corrected chi connectivity index (χ1v) is 26.8. The van der Waals surface area contributed by atoms with Gasteiger partial charge in [0.2, 0.25) is 0 Å². The predicted molar refractivity (Wildman–Crippen MR) is 259 cm³/mol. The number of nitrogens with zero attached hydrogens (tertiary/aromatic N) is 2. The average molecular weight is 927 g/mol. The van der Waals surface area contributed by atoms with E-state index >= 15 is 0 Å². The second-order valence-corrected chi connectivity index (χ2v) is 24.4. The highest BCUT2D eigenvalue weighted by atomic mass is 31.2. The van der Waals surface area contributed by atoms with E-state index in [9.17, 15) is 19.6 Å². The van der Waals surface area contributed by atoms with E-state index in [-0.39, 0.29) is 42.5 Å². The number of pyridine rings is 1. The molecule has 0 amide bonds. The van der Waals surface area contributed by atoms with Gasteiger partial charge >= 0.3 is 5.97 Å². The van der Waals surface area contributed by atoms with Crippen LogP contribution in [0.2, 0.25) is 0 Å². The van der Waals surface area contributed by atoms with Crippen LogP contribution < -0.4 is 0 Å². The number of para-hydroxylation sites is 1. The van der Waals surface area contributed by atoms with Crippen LogP contribution in [-0.2, 0) is 37.8 Å². The topological polar surface area (TPSA) is 155 Å². The SMILES string of the molecule is CC[C@H]1OC(=O)[C@H](C)[C@@H](O[C@H]2CC(C)(C)[C@@H](C)[C@H](C)O2)[C@H](C)[C@@H](O[C@@H]2O[C@H](C)C[C@H](C)[C@H]2C)[C@@](C)(OC/C=C/c2cnc3ccccc3c2)C[C@@H](C)/C(=N\P(C)(C)=O)[C@H](C)[C@@H](O)[C@]1(C)O. The van der Waals surface area contributed by atoms with Crippen molar-refractivity contribution in [1.82, 2.24) is 4.98 Å². The standard InChI is InChI=1S/C52H83N2O10P/c1-17-42-52(14,57)46(55)34(6)44(54-65(15,16)58)31(3)27-51(13,59-24-20-21-39-26-40-22-18-19-23-41(40)53-29-39)47(64-49-33(5)30(2)25-32(4)60-49)35(7)45(36(8)48(56)62-42)63-43-28-50(11,12)37(9)38(10)61-43/h18-23,26,29-38,42-43,45-47,49,55,57H,17,24-25,27-28H2,1-16H3/b21-20+,54-44+/t30-,31+,32+,33+,34-,35-,36+,37-,38-,42+,43-,45-,46+,47+,49-,51-,52+/m0/s1. The minimum absolute atomic E-state index is 0.0194. The van der Waals surface area contributed by atoms with Gasteiger partial charge in [-0.25, -0.2) is 4.76 Å².